The summed E-state index contributed by atoms with van der Waals surface area (Å²) >= 11 is 1.28. The topological polar surface area (TPSA) is 116 Å². The molecule has 0 saturated carbocycles. The molecule has 1 unspecified atom stereocenters. The number of aryl methyl sites for hydroxylation is 1. The van der Waals surface area contributed by atoms with Crippen molar-refractivity contribution in [1.29, 1.82) is 0 Å². The molecule has 1 atom stereocenters. The zero-order valence-electron chi connectivity index (χ0n) is 13.4. The summed E-state index contributed by atoms with van der Waals surface area (Å²) in [7, 11) is 0. The molecule has 25 heavy (non-hydrogen) atoms. The van der Waals surface area contributed by atoms with Gasteiger partial charge in [0.1, 0.15) is 16.9 Å². The van der Waals surface area contributed by atoms with E-state index in [2.05, 4.69) is 15.5 Å². The van der Waals surface area contributed by atoms with Gasteiger partial charge in [-0.05, 0) is 31.4 Å². The Kier molecular flexibility index (Phi) is 5.19. The summed E-state index contributed by atoms with van der Waals surface area (Å²) in [6.07, 6.45) is 1.86. The maximum Gasteiger partial charge on any atom is 0.269 e. The number of benzene rings is 1. The first kappa shape index (κ1) is 17.2. The van der Waals surface area contributed by atoms with E-state index < -0.39 is 4.92 Å². The molecule has 0 bridgehead atoms. The van der Waals surface area contributed by atoms with Crippen LogP contribution in [0.2, 0.25) is 0 Å². The van der Waals surface area contributed by atoms with Gasteiger partial charge in [-0.15, -0.1) is 10.2 Å². The molecule has 2 aromatic rings. The van der Waals surface area contributed by atoms with Crippen molar-refractivity contribution < 1.29 is 19.2 Å². The number of rotatable bonds is 6. The van der Waals surface area contributed by atoms with Crippen LogP contribution in [0.5, 0.6) is 5.75 Å². The summed E-state index contributed by atoms with van der Waals surface area (Å²) in [5.41, 5.74) is 0.559. The fourth-order valence-electron chi connectivity index (χ4n) is 2.40. The van der Waals surface area contributed by atoms with Crippen LogP contribution in [0.1, 0.15) is 29.5 Å². The Labute approximate surface area is 147 Å². The monoisotopic (exact) mass is 364 g/mol. The predicted octanol–water partition coefficient (Wildman–Crippen LogP) is 2.62. The van der Waals surface area contributed by atoms with E-state index in [4.69, 9.17) is 9.47 Å². The molecule has 9 nitrogen and oxygen atoms in total. The second-order valence-electron chi connectivity index (χ2n) is 5.49. The minimum Gasteiger partial charge on any atom is -0.483 e. The van der Waals surface area contributed by atoms with E-state index in [0.717, 1.165) is 17.8 Å². The Bertz CT molecular complexity index is 788. The Morgan fingerprint density at radius 3 is 3.04 bits per heavy atom. The van der Waals surface area contributed by atoms with E-state index in [-0.39, 0.29) is 24.3 Å². The summed E-state index contributed by atoms with van der Waals surface area (Å²) < 4.78 is 10.9. The van der Waals surface area contributed by atoms with Crippen molar-refractivity contribution in [3.05, 3.63) is 38.9 Å². The van der Waals surface area contributed by atoms with E-state index in [1.165, 1.54) is 29.5 Å². The average Bonchev–Trinajstić information content (AvgIpc) is 3.24. The van der Waals surface area contributed by atoms with Gasteiger partial charge in [0, 0.05) is 18.7 Å². The third-order valence-electron chi connectivity index (χ3n) is 3.62. The molecule has 0 spiro atoms. The van der Waals surface area contributed by atoms with Gasteiger partial charge >= 0.3 is 0 Å². The number of nitrogens with zero attached hydrogens (tertiary/aromatic N) is 3. The van der Waals surface area contributed by atoms with E-state index in [1.54, 1.807) is 6.92 Å². The molecule has 0 radical (unpaired) electrons. The van der Waals surface area contributed by atoms with Gasteiger partial charge in [-0.25, -0.2) is 0 Å². The Balaban J connectivity index is 1.53. The maximum atomic E-state index is 12.0. The second-order valence-corrected chi connectivity index (χ2v) is 6.50. The standard InChI is InChI=1S/C15H16N4O5S/c1-9-7-10(19(21)22)4-5-11(9)24-8-13(20)16-15-18-17-14(25-15)12-3-2-6-23-12/h4-5,7,12H,2-3,6,8H2,1H3,(H,16,18,20). The van der Waals surface area contributed by atoms with Crippen LogP contribution in [0.25, 0.3) is 0 Å². The van der Waals surface area contributed by atoms with Crippen LogP contribution >= 0.6 is 11.3 Å². The van der Waals surface area contributed by atoms with Gasteiger partial charge < -0.3 is 9.47 Å². The SMILES string of the molecule is Cc1cc([N+](=O)[O-])ccc1OCC(=O)Nc1nnc(C2CCCO2)s1. The number of ether oxygens (including phenoxy) is 2. The number of carbonyl (C=O) groups excluding carboxylic acids is 1. The molecule has 1 aromatic heterocycles. The van der Waals surface area contributed by atoms with Gasteiger partial charge in [0.05, 0.1) is 4.92 Å². The number of hydrogen-bond acceptors (Lipinski definition) is 8. The molecule has 3 rings (SSSR count). The average molecular weight is 364 g/mol. The predicted molar refractivity (Wildman–Crippen MR) is 89.8 cm³/mol. The number of nitro groups is 1. The van der Waals surface area contributed by atoms with Gasteiger partial charge in [-0.3, -0.25) is 20.2 Å². The molecule has 1 aromatic carbocycles. The molecule has 1 saturated heterocycles. The minimum absolute atomic E-state index is 0.0233. The van der Waals surface area contributed by atoms with E-state index in [9.17, 15) is 14.9 Å². The molecule has 1 aliphatic rings. The van der Waals surface area contributed by atoms with Crippen LogP contribution < -0.4 is 10.1 Å². The molecule has 1 fully saturated rings. The Morgan fingerprint density at radius 1 is 1.52 bits per heavy atom. The first-order valence-electron chi connectivity index (χ1n) is 7.65. The van der Waals surface area contributed by atoms with Crippen molar-refractivity contribution >= 4 is 28.1 Å². The van der Waals surface area contributed by atoms with Crippen LogP contribution in [0, 0.1) is 17.0 Å². The maximum absolute atomic E-state index is 12.0. The van der Waals surface area contributed by atoms with Crippen LogP contribution in [0.3, 0.4) is 0 Å². The van der Waals surface area contributed by atoms with Crippen molar-refractivity contribution in [3.63, 3.8) is 0 Å². The van der Waals surface area contributed by atoms with Crippen molar-refractivity contribution in [2.45, 2.75) is 25.9 Å². The van der Waals surface area contributed by atoms with Gasteiger partial charge in [-0.1, -0.05) is 11.3 Å². The molecule has 1 amide bonds. The lowest BCUT2D eigenvalue weighted by Crippen LogP contribution is -2.20. The van der Waals surface area contributed by atoms with Crippen molar-refractivity contribution in [3.8, 4) is 5.75 Å². The lowest BCUT2D eigenvalue weighted by Gasteiger charge is -2.08. The molecule has 2 heterocycles. The van der Waals surface area contributed by atoms with Crippen molar-refractivity contribution in [2.24, 2.45) is 0 Å². The summed E-state index contributed by atoms with van der Waals surface area (Å²) in [4.78, 5) is 22.2. The number of anilines is 1. The number of aromatic nitrogens is 2. The first-order chi connectivity index (χ1) is 12.0. The molecular weight excluding hydrogens is 348 g/mol. The van der Waals surface area contributed by atoms with E-state index >= 15 is 0 Å². The number of hydrogen-bond donors (Lipinski definition) is 1. The Morgan fingerprint density at radius 2 is 2.36 bits per heavy atom. The summed E-state index contributed by atoms with van der Waals surface area (Å²) in [5, 5.41) is 22.4. The smallest absolute Gasteiger partial charge is 0.269 e. The molecule has 10 heteroatoms. The molecule has 0 aliphatic carbocycles. The first-order valence-corrected chi connectivity index (χ1v) is 8.47. The van der Waals surface area contributed by atoms with Crippen LogP contribution in [-0.4, -0.2) is 34.2 Å². The lowest BCUT2D eigenvalue weighted by atomic mass is 10.2. The highest BCUT2D eigenvalue weighted by atomic mass is 32.1. The lowest BCUT2D eigenvalue weighted by molar-refractivity contribution is -0.384. The van der Waals surface area contributed by atoms with Crippen LogP contribution in [-0.2, 0) is 9.53 Å². The summed E-state index contributed by atoms with van der Waals surface area (Å²) in [6, 6.07) is 4.20. The number of nitro benzene ring substituents is 1. The van der Waals surface area contributed by atoms with Crippen molar-refractivity contribution in [1.82, 2.24) is 10.2 Å². The van der Waals surface area contributed by atoms with Gasteiger partial charge in [0.15, 0.2) is 6.61 Å². The summed E-state index contributed by atoms with van der Waals surface area (Å²) in [6.45, 7) is 2.17. The van der Waals surface area contributed by atoms with Gasteiger partial charge in [0.25, 0.3) is 11.6 Å². The number of carbonyl (C=O) groups is 1. The molecular formula is C15H16N4O5S. The fourth-order valence-corrected chi connectivity index (χ4v) is 3.24. The fraction of sp³-hybridized carbons (Fsp3) is 0.400. The highest BCUT2D eigenvalue weighted by molar-refractivity contribution is 7.15. The highest BCUT2D eigenvalue weighted by Gasteiger charge is 2.22. The van der Waals surface area contributed by atoms with Crippen LogP contribution in [0.15, 0.2) is 18.2 Å². The Hall–Kier alpha value is -2.59. The second kappa shape index (κ2) is 7.53. The zero-order valence-corrected chi connectivity index (χ0v) is 14.2. The van der Waals surface area contributed by atoms with Crippen molar-refractivity contribution in [2.75, 3.05) is 18.5 Å². The minimum atomic E-state index is -0.482. The quantitative estimate of drug-likeness (QED) is 0.618. The molecule has 1 aliphatic heterocycles. The zero-order chi connectivity index (χ0) is 17.8. The van der Waals surface area contributed by atoms with Gasteiger partial charge in [-0.2, -0.15) is 0 Å². The third kappa shape index (κ3) is 4.28. The molecule has 132 valence electrons. The normalized spacial score (nSPS) is 16.6. The summed E-state index contributed by atoms with van der Waals surface area (Å²) in [5.74, 6) is 0.0332. The molecule has 1 N–H and O–H groups in total. The van der Waals surface area contributed by atoms with Crippen LogP contribution in [0.4, 0.5) is 10.8 Å². The number of nitrogens with one attached hydrogen (secondary N) is 1. The third-order valence-corrected chi connectivity index (χ3v) is 4.55. The number of amides is 1. The van der Waals surface area contributed by atoms with Gasteiger partial charge in [0.2, 0.25) is 5.13 Å². The largest absolute Gasteiger partial charge is 0.483 e. The van der Waals surface area contributed by atoms with E-state index in [0.29, 0.717) is 23.1 Å². The number of non-ortho nitro benzene ring substituents is 1. The van der Waals surface area contributed by atoms with E-state index in [1.807, 2.05) is 0 Å². The highest BCUT2D eigenvalue weighted by Crippen LogP contribution is 2.31.